The molecule has 0 saturated heterocycles. The predicted molar refractivity (Wildman–Crippen MR) is 152 cm³/mol. The summed E-state index contributed by atoms with van der Waals surface area (Å²) in [4.78, 5) is 56.9. The summed E-state index contributed by atoms with van der Waals surface area (Å²) in [6.07, 6.45) is 3.46. The van der Waals surface area contributed by atoms with E-state index in [2.05, 4.69) is 5.32 Å². The third-order valence-corrected chi connectivity index (χ3v) is 8.19. The normalized spacial score (nSPS) is 16.9. The maximum atomic E-state index is 14.3. The van der Waals surface area contributed by atoms with Crippen molar-refractivity contribution < 1.29 is 28.7 Å². The molecule has 1 fully saturated rings. The lowest BCUT2D eigenvalue weighted by Gasteiger charge is -2.45. The Bertz CT molecular complexity index is 1530. The molecule has 3 aromatic carbocycles. The van der Waals surface area contributed by atoms with Crippen LogP contribution in [0.2, 0.25) is 0 Å². The van der Waals surface area contributed by atoms with Crippen LogP contribution in [-0.2, 0) is 20.9 Å². The van der Waals surface area contributed by atoms with Crippen molar-refractivity contribution in [3.63, 3.8) is 0 Å². The van der Waals surface area contributed by atoms with Gasteiger partial charge >= 0.3 is 0 Å². The Morgan fingerprint density at radius 1 is 0.927 bits per heavy atom. The highest BCUT2D eigenvalue weighted by atomic mass is 16.7. The molecular weight excluding hydrogens is 522 g/mol. The number of nitrogens with one attached hydrogen (secondary N) is 1. The standard InChI is InChI=1S/C32H31N3O6/c1-21-9-11-22(12-10-21)18-35(28(36)19-34-25-8-4-3-7-24(25)29(37)30(34)38)32(15-5-2-6-16-32)31(39)33-23-13-14-26-27(17-23)41-20-40-26/h3-4,7-14,17H,2,5-6,15-16,18-20H2,1H3,(H,33,39). The summed E-state index contributed by atoms with van der Waals surface area (Å²) in [6, 6.07) is 19.7. The molecule has 1 N–H and O–H groups in total. The van der Waals surface area contributed by atoms with Gasteiger partial charge < -0.3 is 19.7 Å². The van der Waals surface area contributed by atoms with Gasteiger partial charge in [0.05, 0.1) is 11.3 Å². The molecule has 41 heavy (non-hydrogen) atoms. The molecular formula is C32H31N3O6. The first-order chi connectivity index (χ1) is 19.9. The van der Waals surface area contributed by atoms with Crippen molar-refractivity contribution in [2.45, 2.75) is 51.1 Å². The lowest BCUT2D eigenvalue weighted by Crippen LogP contribution is -2.61. The van der Waals surface area contributed by atoms with Crippen LogP contribution in [0.4, 0.5) is 11.4 Å². The van der Waals surface area contributed by atoms with Gasteiger partial charge in [0.2, 0.25) is 18.6 Å². The Hall–Kier alpha value is -4.66. The first-order valence-corrected chi connectivity index (χ1v) is 13.9. The summed E-state index contributed by atoms with van der Waals surface area (Å²) in [6.45, 7) is 1.95. The van der Waals surface area contributed by atoms with Crippen LogP contribution in [0.5, 0.6) is 11.5 Å². The van der Waals surface area contributed by atoms with Gasteiger partial charge in [-0.05, 0) is 49.6 Å². The number of amides is 3. The number of carbonyl (C=O) groups is 4. The lowest BCUT2D eigenvalue weighted by atomic mass is 9.78. The molecule has 2 aliphatic heterocycles. The van der Waals surface area contributed by atoms with Crippen molar-refractivity contribution in [3.8, 4) is 11.5 Å². The molecule has 0 spiro atoms. The molecule has 0 aromatic heterocycles. The molecule has 210 valence electrons. The number of hydrogen-bond acceptors (Lipinski definition) is 6. The summed E-state index contributed by atoms with van der Waals surface area (Å²) in [5.74, 6) is -0.906. The van der Waals surface area contributed by atoms with Crippen molar-refractivity contribution in [3.05, 3.63) is 83.4 Å². The number of benzene rings is 3. The van der Waals surface area contributed by atoms with Gasteiger partial charge in [0, 0.05) is 18.3 Å². The summed E-state index contributed by atoms with van der Waals surface area (Å²) < 4.78 is 10.9. The minimum atomic E-state index is -1.15. The first kappa shape index (κ1) is 26.6. The zero-order chi connectivity index (χ0) is 28.6. The zero-order valence-electron chi connectivity index (χ0n) is 22.9. The number of para-hydroxylation sites is 1. The minimum absolute atomic E-state index is 0.121. The Morgan fingerprint density at radius 2 is 1.66 bits per heavy atom. The van der Waals surface area contributed by atoms with E-state index in [1.54, 1.807) is 47.4 Å². The first-order valence-electron chi connectivity index (χ1n) is 13.9. The summed E-state index contributed by atoms with van der Waals surface area (Å²) >= 11 is 0. The van der Waals surface area contributed by atoms with Crippen LogP contribution < -0.4 is 19.7 Å². The second-order valence-electron chi connectivity index (χ2n) is 10.8. The third-order valence-electron chi connectivity index (χ3n) is 8.19. The van der Waals surface area contributed by atoms with Gasteiger partial charge in [0.25, 0.3) is 11.7 Å². The highest BCUT2D eigenvalue weighted by molar-refractivity contribution is 6.52. The number of nitrogens with zero attached hydrogens (tertiary/aromatic N) is 2. The van der Waals surface area contributed by atoms with Crippen LogP contribution in [0, 0.1) is 6.92 Å². The molecule has 1 saturated carbocycles. The molecule has 0 unspecified atom stereocenters. The van der Waals surface area contributed by atoms with Crippen LogP contribution in [0.3, 0.4) is 0 Å². The molecule has 0 atom stereocenters. The number of fused-ring (bicyclic) bond motifs is 2. The number of carbonyl (C=O) groups excluding carboxylic acids is 4. The summed E-state index contributed by atoms with van der Waals surface area (Å²) in [7, 11) is 0. The molecule has 6 rings (SSSR count). The average Bonchev–Trinajstić information content (AvgIpc) is 3.55. The maximum absolute atomic E-state index is 14.3. The number of Topliss-reactive ketones (excluding diaryl/α,β-unsaturated/α-hetero) is 1. The van der Waals surface area contributed by atoms with Gasteiger partial charge in [-0.2, -0.15) is 0 Å². The number of anilines is 2. The Kier molecular flexibility index (Phi) is 6.95. The largest absolute Gasteiger partial charge is 0.454 e. The van der Waals surface area contributed by atoms with Crippen LogP contribution in [0.25, 0.3) is 0 Å². The van der Waals surface area contributed by atoms with E-state index in [0.29, 0.717) is 35.7 Å². The molecule has 0 bridgehead atoms. The van der Waals surface area contributed by atoms with Crippen molar-refractivity contribution in [2.24, 2.45) is 0 Å². The quantitative estimate of drug-likeness (QED) is 0.428. The number of aryl methyl sites for hydroxylation is 1. The fourth-order valence-electron chi connectivity index (χ4n) is 5.96. The number of ether oxygens (including phenoxy) is 2. The summed E-state index contributed by atoms with van der Waals surface area (Å²) in [5, 5.41) is 3.03. The Labute approximate surface area is 238 Å². The molecule has 3 aromatic rings. The van der Waals surface area contributed by atoms with E-state index in [4.69, 9.17) is 9.47 Å². The zero-order valence-corrected chi connectivity index (χ0v) is 22.9. The van der Waals surface area contributed by atoms with E-state index >= 15 is 0 Å². The third kappa shape index (κ3) is 4.92. The monoisotopic (exact) mass is 553 g/mol. The van der Waals surface area contributed by atoms with Crippen molar-refractivity contribution in [1.82, 2.24) is 4.90 Å². The number of ketones is 1. The van der Waals surface area contributed by atoms with Crippen LogP contribution in [-0.4, -0.2) is 47.3 Å². The molecule has 9 nitrogen and oxygen atoms in total. The van der Waals surface area contributed by atoms with Gasteiger partial charge in [-0.15, -0.1) is 0 Å². The van der Waals surface area contributed by atoms with E-state index < -0.39 is 23.1 Å². The molecule has 0 radical (unpaired) electrons. The van der Waals surface area contributed by atoms with Gasteiger partial charge in [-0.25, -0.2) is 0 Å². The molecule has 2 heterocycles. The lowest BCUT2D eigenvalue weighted by molar-refractivity contribution is -0.148. The Morgan fingerprint density at radius 3 is 2.44 bits per heavy atom. The number of hydrogen-bond donors (Lipinski definition) is 1. The van der Waals surface area contributed by atoms with Crippen LogP contribution in [0.1, 0.15) is 53.6 Å². The van der Waals surface area contributed by atoms with Gasteiger partial charge in [-0.3, -0.25) is 24.1 Å². The van der Waals surface area contributed by atoms with Gasteiger partial charge in [0.15, 0.2) is 11.5 Å². The molecule has 1 aliphatic carbocycles. The second kappa shape index (κ2) is 10.7. The van der Waals surface area contributed by atoms with Gasteiger partial charge in [0.1, 0.15) is 12.1 Å². The van der Waals surface area contributed by atoms with E-state index in [-0.39, 0.29) is 31.4 Å². The number of rotatable bonds is 7. The van der Waals surface area contributed by atoms with Crippen molar-refractivity contribution >= 4 is 34.9 Å². The fraction of sp³-hybridized carbons (Fsp3) is 0.312. The smallest absolute Gasteiger partial charge is 0.299 e. The molecule has 3 aliphatic rings. The highest BCUT2D eigenvalue weighted by Gasteiger charge is 2.48. The highest BCUT2D eigenvalue weighted by Crippen LogP contribution is 2.39. The van der Waals surface area contributed by atoms with E-state index in [1.807, 2.05) is 31.2 Å². The SMILES string of the molecule is Cc1ccc(CN(C(=O)CN2C(=O)C(=O)c3ccccc32)C2(C(=O)Nc3ccc4c(c3)OCO4)CCCCC2)cc1. The van der Waals surface area contributed by atoms with Crippen molar-refractivity contribution in [1.29, 1.82) is 0 Å². The van der Waals surface area contributed by atoms with Crippen molar-refractivity contribution in [2.75, 3.05) is 23.6 Å². The second-order valence-corrected chi connectivity index (χ2v) is 10.8. The predicted octanol–water partition coefficient (Wildman–Crippen LogP) is 4.62. The topological polar surface area (TPSA) is 105 Å². The average molecular weight is 554 g/mol. The van der Waals surface area contributed by atoms with Crippen LogP contribution >= 0.6 is 0 Å². The maximum Gasteiger partial charge on any atom is 0.299 e. The van der Waals surface area contributed by atoms with Gasteiger partial charge in [-0.1, -0.05) is 61.2 Å². The molecule has 3 amide bonds. The van der Waals surface area contributed by atoms with E-state index in [9.17, 15) is 19.2 Å². The van der Waals surface area contributed by atoms with Crippen LogP contribution in [0.15, 0.2) is 66.7 Å². The Balaban J connectivity index is 1.35. The minimum Gasteiger partial charge on any atom is -0.454 e. The van der Waals surface area contributed by atoms with E-state index in [1.165, 1.54) is 4.90 Å². The molecule has 9 heteroatoms. The fourth-order valence-corrected chi connectivity index (χ4v) is 5.96. The van der Waals surface area contributed by atoms with E-state index in [0.717, 1.165) is 30.4 Å². The summed E-state index contributed by atoms with van der Waals surface area (Å²) in [5.41, 5.74) is 2.03.